The number of rotatable bonds is 3. The molecule has 116 valence electrons. The van der Waals surface area contributed by atoms with E-state index in [1.165, 1.54) is 16.8 Å². The molecule has 0 atom stereocenters. The number of carbonyl (C=O) groups excluding carboxylic acids is 1. The first kappa shape index (κ1) is 14.4. The van der Waals surface area contributed by atoms with Crippen LogP contribution in [0.3, 0.4) is 0 Å². The van der Waals surface area contributed by atoms with Gasteiger partial charge in [0.05, 0.1) is 13.2 Å². The van der Waals surface area contributed by atoms with E-state index in [2.05, 4.69) is 20.8 Å². The highest BCUT2D eigenvalue weighted by Crippen LogP contribution is 2.20. The molecule has 2 heterocycles. The number of benzene rings is 1. The van der Waals surface area contributed by atoms with Crippen LogP contribution in [0.5, 0.6) is 0 Å². The second-order valence-electron chi connectivity index (χ2n) is 4.88. The average Bonchev–Trinajstić information content (AvgIpc) is 2.92. The molecule has 1 aromatic heterocycles. The van der Waals surface area contributed by atoms with Crippen molar-refractivity contribution < 1.29 is 13.9 Å². The van der Waals surface area contributed by atoms with Crippen LogP contribution in [0.15, 0.2) is 18.2 Å². The van der Waals surface area contributed by atoms with Crippen LogP contribution in [0.25, 0.3) is 0 Å². The van der Waals surface area contributed by atoms with E-state index < -0.39 is 11.7 Å². The molecule has 2 aromatic rings. The lowest BCUT2D eigenvalue weighted by atomic mass is 10.1. The first-order valence-corrected chi connectivity index (χ1v) is 6.80. The summed E-state index contributed by atoms with van der Waals surface area (Å²) in [7, 11) is 1.60. The Bertz CT molecular complexity index is 683. The summed E-state index contributed by atoms with van der Waals surface area (Å²) >= 11 is 0. The van der Waals surface area contributed by atoms with E-state index in [9.17, 15) is 9.18 Å². The minimum Gasteiger partial charge on any atom is -0.378 e. The lowest BCUT2D eigenvalue weighted by Crippen LogP contribution is -2.36. The van der Waals surface area contributed by atoms with Crippen LogP contribution in [0.4, 0.5) is 16.0 Å². The summed E-state index contributed by atoms with van der Waals surface area (Å²) in [6, 6.07) is 4.24. The Hall–Kier alpha value is -2.55. The maximum absolute atomic E-state index is 13.8. The first-order valence-electron chi connectivity index (χ1n) is 6.80. The topological polar surface area (TPSA) is 85.2 Å². The molecule has 0 bridgehead atoms. The summed E-state index contributed by atoms with van der Waals surface area (Å²) < 4.78 is 20.4. The molecule has 1 amide bonds. The van der Waals surface area contributed by atoms with Crippen molar-refractivity contribution >= 4 is 17.5 Å². The van der Waals surface area contributed by atoms with Crippen LogP contribution in [-0.2, 0) is 11.8 Å². The van der Waals surface area contributed by atoms with Gasteiger partial charge >= 0.3 is 0 Å². The maximum Gasteiger partial charge on any atom is 0.258 e. The lowest BCUT2D eigenvalue weighted by molar-refractivity contribution is 0.102. The molecule has 1 N–H and O–H groups in total. The molecule has 8 nitrogen and oxygen atoms in total. The predicted octanol–water partition coefficient (Wildman–Crippen LogP) is 0.438. The molecule has 0 saturated carbocycles. The van der Waals surface area contributed by atoms with Crippen molar-refractivity contribution in [2.45, 2.75) is 0 Å². The monoisotopic (exact) mass is 306 g/mol. The van der Waals surface area contributed by atoms with Crippen molar-refractivity contribution in [3.8, 4) is 0 Å². The number of hydrogen-bond donors (Lipinski definition) is 1. The van der Waals surface area contributed by atoms with Gasteiger partial charge in [0.15, 0.2) is 0 Å². The van der Waals surface area contributed by atoms with Gasteiger partial charge in [-0.05, 0) is 28.6 Å². The maximum atomic E-state index is 13.8. The van der Waals surface area contributed by atoms with Crippen LogP contribution >= 0.6 is 0 Å². The number of morpholine rings is 1. The predicted molar refractivity (Wildman–Crippen MR) is 76.2 cm³/mol. The van der Waals surface area contributed by atoms with Gasteiger partial charge in [0.2, 0.25) is 5.95 Å². The zero-order valence-electron chi connectivity index (χ0n) is 12.0. The highest BCUT2D eigenvalue weighted by molar-refractivity contribution is 6.03. The summed E-state index contributed by atoms with van der Waals surface area (Å²) in [6.45, 7) is 2.50. The zero-order valence-corrected chi connectivity index (χ0v) is 12.0. The standard InChI is InChI=1S/C13H15FN6O2/c1-19-13(16-17-18-19)15-12(21)9-6-10(14)8-11(7-9)20-2-4-22-5-3-20/h6-8H,2-5H2,1H3,(H,15,16,18,21). The lowest BCUT2D eigenvalue weighted by Gasteiger charge is -2.29. The first-order chi connectivity index (χ1) is 10.6. The smallest absolute Gasteiger partial charge is 0.258 e. The Labute approximate surface area is 125 Å². The molecule has 0 spiro atoms. The largest absolute Gasteiger partial charge is 0.378 e. The normalized spacial score (nSPS) is 14.9. The van der Waals surface area contributed by atoms with Gasteiger partial charge in [-0.1, -0.05) is 5.10 Å². The third-order valence-electron chi connectivity index (χ3n) is 3.37. The summed E-state index contributed by atoms with van der Waals surface area (Å²) in [6.07, 6.45) is 0. The fourth-order valence-electron chi connectivity index (χ4n) is 2.22. The molecule has 1 aliphatic rings. The van der Waals surface area contributed by atoms with Gasteiger partial charge in [0.1, 0.15) is 5.82 Å². The average molecular weight is 306 g/mol. The van der Waals surface area contributed by atoms with E-state index in [0.717, 1.165) is 0 Å². The van der Waals surface area contributed by atoms with Crippen molar-refractivity contribution in [3.63, 3.8) is 0 Å². The Balaban J connectivity index is 1.82. The Morgan fingerprint density at radius 3 is 2.77 bits per heavy atom. The van der Waals surface area contributed by atoms with E-state index in [1.54, 1.807) is 13.1 Å². The number of aryl methyl sites for hydroxylation is 1. The minimum absolute atomic E-state index is 0.196. The number of hydrogen-bond acceptors (Lipinski definition) is 6. The molecule has 0 unspecified atom stereocenters. The van der Waals surface area contributed by atoms with Crippen LogP contribution in [0.1, 0.15) is 10.4 Å². The molecule has 0 aliphatic carbocycles. The molecule has 3 rings (SSSR count). The van der Waals surface area contributed by atoms with Gasteiger partial charge in [-0.3, -0.25) is 10.1 Å². The van der Waals surface area contributed by atoms with Gasteiger partial charge in [-0.15, -0.1) is 0 Å². The van der Waals surface area contributed by atoms with Crippen molar-refractivity contribution in [3.05, 3.63) is 29.6 Å². The molecule has 1 aliphatic heterocycles. The fraction of sp³-hybridized carbons (Fsp3) is 0.385. The molecule has 1 fully saturated rings. The highest BCUT2D eigenvalue weighted by atomic mass is 19.1. The summed E-state index contributed by atoms with van der Waals surface area (Å²) in [4.78, 5) is 14.2. The SMILES string of the molecule is Cn1nnnc1NC(=O)c1cc(F)cc(N2CCOCC2)c1. The number of tetrazole rings is 1. The molecule has 9 heteroatoms. The van der Waals surface area contributed by atoms with Gasteiger partial charge in [-0.2, -0.15) is 0 Å². The van der Waals surface area contributed by atoms with Crippen molar-refractivity contribution in [2.24, 2.45) is 7.05 Å². The van der Waals surface area contributed by atoms with Crippen molar-refractivity contribution in [1.29, 1.82) is 0 Å². The zero-order chi connectivity index (χ0) is 15.5. The number of carbonyl (C=O) groups is 1. The molecular formula is C13H15FN6O2. The number of ether oxygens (including phenoxy) is 1. The molecule has 0 radical (unpaired) electrons. The van der Waals surface area contributed by atoms with Crippen LogP contribution in [0, 0.1) is 5.82 Å². The van der Waals surface area contributed by atoms with E-state index in [1.807, 2.05) is 4.90 Å². The Morgan fingerprint density at radius 2 is 2.09 bits per heavy atom. The Kier molecular flexibility index (Phi) is 3.96. The van der Waals surface area contributed by atoms with Crippen LogP contribution < -0.4 is 10.2 Å². The number of anilines is 2. The third-order valence-corrected chi connectivity index (χ3v) is 3.37. The summed E-state index contributed by atoms with van der Waals surface area (Å²) in [5, 5.41) is 13.3. The van der Waals surface area contributed by atoms with Gasteiger partial charge in [-0.25, -0.2) is 9.07 Å². The number of halogens is 1. The Morgan fingerprint density at radius 1 is 1.32 bits per heavy atom. The number of nitrogens with zero attached hydrogens (tertiary/aromatic N) is 5. The number of nitrogens with one attached hydrogen (secondary N) is 1. The second kappa shape index (κ2) is 6.06. The van der Waals surface area contributed by atoms with Crippen LogP contribution in [-0.4, -0.2) is 52.4 Å². The van der Waals surface area contributed by atoms with E-state index >= 15 is 0 Å². The van der Waals surface area contributed by atoms with Crippen molar-refractivity contribution in [1.82, 2.24) is 20.2 Å². The third kappa shape index (κ3) is 3.03. The molecule has 1 saturated heterocycles. The minimum atomic E-state index is -0.467. The van der Waals surface area contributed by atoms with Gasteiger partial charge in [0.25, 0.3) is 5.91 Å². The van der Waals surface area contributed by atoms with Gasteiger partial charge in [0, 0.05) is 31.4 Å². The van der Waals surface area contributed by atoms with Gasteiger partial charge < -0.3 is 9.64 Å². The summed E-state index contributed by atoms with van der Waals surface area (Å²) in [5.74, 6) is -0.737. The van der Waals surface area contributed by atoms with E-state index in [0.29, 0.717) is 32.0 Å². The molecule has 22 heavy (non-hydrogen) atoms. The van der Waals surface area contributed by atoms with E-state index in [4.69, 9.17) is 4.74 Å². The fourth-order valence-corrected chi connectivity index (χ4v) is 2.22. The molecule has 1 aromatic carbocycles. The van der Waals surface area contributed by atoms with Crippen LogP contribution in [0.2, 0.25) is 0 Å². The quantitative estimate of drug-likeness (QED) is 0.885. The number of aromatic nitrogens is 4. The second-order valence-corrected chi connectivity index (χ2v) is 4.88. The van der Waals surface area contributed by atoms with E-state index in [-0.39, 0.29) is 11.5 Å². The number of amides is 1. The van der Waals surface area contributed by atoms with Crippen molar-refractivity contribution in [2.75, 3.05) is 36.5 Å². The molecular weight excluding hydrogens is 291 g/mol. The summed E-state index contributed by atoms with van der Waals surface area (Å²) in [5.41, 5.74) is 0.869. The highest BCUT2D eigenvalue weighted by Gasteiger charge is 2.16.